The number of hydrogen-bond acceptors (Lipinski definition) is 5. The average Bonchev–Trinajstić information content (AvgIpc) is 2.61. The molecule has 0 fully saturated rings. The van der Waals surface area contributed by atoms with Gasteiger partial charge in [0.15, 0.2) is 6.10 Å². The summed E-state index contributed by atoms with van der Waals surface area (Å²) >= 11 is 0. The van der Waals surface area contributed by atoms with Gasteiger partial charge in [0.2, 0.25) is 0 Å². The third-order valence-electron chi connectivity index (χ3n) is 3.50. The normalized spacial score (nSPS) is 11.4. The molecule has 0 saturated heterocycles. The lowest BCUT2D eigenvalue weighted by Gasteiger charge is -2.17. The van der Waals surface area contributed by atoms with Crippen LogP contribution < -0.4 is 15.8 Å². The number of carbonyl (C=O) groups is 2. The van der Waals surface area contributed by atoms with Gasteiger partial charge in [-0.1, -0.05) is 19.1 Å². The van der Waals surface area contributed by atoms with Crippen LogP contribution in [0.5, 0.6) is 5.75 Å². The first-order valence-corrected chi connectivity index (χ1v) is 8.14. The second-order valence-corrected chi connectivity index (χ2v) is 5.34. The van der Waals surface area contributed by atoms with E-state index in [0.29, 0.717) is 35.7 Å². The van der Waals surface area contributed by atoms with Crippen molar-refractivity contribution in [2.24, 2.45) is 0 Å². The summed E-state index contributed by atoms with van der Waals surface area (Å²) in [5, 5.41) is 2.75. The maximum atomic E-state index is 12.5. The fraction of sp³-hybridized carbons (Fsp3) is 0.263. The van der Waals surface area contributed by atoms with E-state index in [1.54, 1.807) is 49.4 Å². The summed E-state index contributed by atoms with van der Waals surface area (Å²) in [6.45, 7) is 4.12. The Morgan fingerprint density at radius 1 is 1.08 bits per heavy atom. The first-order chi connectivity index (χ1) is 12.0. The molecule has 132 valence electrons. The second kappa shape index (κ2) is 8.73. The van der Waals surface area contributed by atoms with E-state index in [2.05, 4.69) is 5.32 Å². The number of anilines is 2. The minimum Gasteiger partial charge on any atom is -0.492 e. The van der Waals surface area contributed by atoms with E-state index in [0.717, 1.165) is 0 Å². The van der Waals surface area contributed by atoms with Crippen LogP contribution in [0, 0.1) is 0 Å². The molecule has 6 heteroatoms. The first kappa shape index (κ1) is 18.3. The average molecular weight is 342 g/mol. The molecule has 1 atom stereocenters. The van der Waals surface area contributed by atoms with Crippen LogP contribution >= 0.6 is 0 Å². The Labute approximate surface area is 146 Å². The Balaban J connectivity index is 2.06. The molecular formula is C19H22N2O4. The highest BCUT2D eigenvalue weighted by molar-refractivity contribution is 5.98. The van der Waals surface area contributed by atoms with Gasteiger partial charge in [-0.2, -0.15) is 0 Å². The van der Waals surface area contributed by atoms with E-state index in [-0.39, 0.29) is 0 Å². The molecule has 0 heterocycles. The number of nitrogen functional groups attached to an aromatic ring is 1. The molecule has 1 unspecified atom stereocenters. The molecule has 0 radical (unpaired) electrons. The van der Waals surface area contributed by atoms with Gasteiger partial charge < -0.3 is 20.5 Å². The van der Waals surface area contributed by atoms with Crippen molar-refractivity contribution in [3.05, 3.63) is 54.1 Å². The van der Waals surface area contributed by atoms with Crippen molar-refractivity contribution < 1.29 is 19.1 Å². The highest BCUT2D eigenvalue weighted by Crippen LogP contribution is 2.24. The number of amides is 1. The maximum Gasteiger partial charge on any atom is 0.338 e. The quantitative estimate of drug-likeness (QED) is 0.595. The van der Waals surface area contributed by atoms with E-state index in [9.17, 15) is 9.59 Å². The second-order valence-electron chi connectivity index (χ2n) is 5.34. The Bertz CT molecular complexity index is 728. The van der Waals surface area contributed by atoms with Gasteiger partial charge in [-0.15, -0.1) is 0 Å². The van der Waals surface area contributed by atoms with Crippen molar-refractivity contribution in [3.8, 4) is 5.75 Å². The molecule has 2 aromatic rings. The van der Waals surface area contributed by atoms with Crippen LogP contribution in [0.3, 0.4) is 0 Å². The number of esters is 1. The lowest BCUT2D eigenvalue weighted by atomic mass is 10.2. The van der Waals surface area contributed by atoms with Crippen molar-refractivity contribution in [2.45, 2.75) is 26.4 Å². The maximum absolute atomic E-state index is 12.5. The van der Waals surface area contributed by atoms with Crippen molar-refractivity contribution in [1.29, 1.82) is 0 Å². The number of nitrogens with two attached hydrogens (primary N) is 1. The molecule has 0 aliphatic carbocycles. The minimum absolute atomic E-state index is 0.343. The number of carbonyl (C=O) groups excluding carboxylic acids is 2. The Morgan fingerprint density at radius 3 is 2.40 bits per heavy atom. The van der Waals surface area contributed by atoms with Gasteiger partial charge in [-0.3, -0.25) is 4.79 Å². The molecule has 0 bridgehead atoms. The SMILES string of the molecule is CCOc1ccccc1NC(=O)C(CC)OC(=O)c1ccc(N)cc1. The summed E-state index contributed by atoms with van der Waals surface area (Å²) in [5.74, 6) is -0.406. The molecule has 1 amide bonds. The molecule has 0 spiro atoms. The number of rotatable bonds is 7. The third kappa shape index (κ3) is 4.97. The lowest BCUT2D eigenvalue weighted by molar-refractivity contribution is -0.124. The summed E-state index contributed by atoms with van der Waals surface area (Å²) in [4.78, 5) is 24.6. The Morgan fingerprint density at radius 2 is 1.76 bits per heavy atom. The zero-order valence-corrected chi connectivity index (χ0v) is 14.3. The van der Waals surface area contributed by atoms with E-state index in [1.165, 1.54) is 0 Å². The third-order valence-corrected chi connectivity index (χ3v) is 3.50. The van der Waals surface area contributed by atoms with Gasteiger partial charge in [0, 0.05) is 5.69 Å². The van der Waals surface area contributed by atoms with Gasteiger partial charge in [-0.25, -0.2) is 4.79 Å². The minimum atomic E-state index is -0.903. The van der Waals surface area contributed by atoms with Gasteiger partial charge in [0.25, 0.3) is 5.91 Å². The van der Waals surface area contributed by atoms with Crippen molar-refractivity contribution in [1.82, 2.24) is 0 Å². The fourth-order valence-corrected chi connectivity index (χ4v) is 2.20. The van der Waals surface area contributed by atoms with Crippen LogP contribution in [0.4, 0.5) is 11.4 Å². The van der Waals surface area contributed by atoms with Crippen LogP contribution in [-0.4, -0.2) is 24.6 Å². The summed E-state index contributed by atoms with van der Waals surface area (Å²) < 4.78 is 10.8. The topological polar surface area (TPSA) is 90.6 Å². The molecular weight excluding hydrogens is 320 g/mol. The Hall–Kier alpha value is -3.02. The Kier molecular flexibility index (Phi) is 6.39. The van der Waals surface area contributed by atoms with Gasteiger partial charge in [0.1, 0.15) is 5.75 Å². The standard InChI is InChI=1S/C19H22N2O4/c1-3-16(25-19(23)13-9-11-14(20)12-10-13)18(22)21-15-7-5-6-8-17(15)24-4-2/h5-12,16H,3-4,20H2,1-2H3,(H,21,22). The molecule has 0 aliphatic rings. The largest absolute Gasteiger partial charge is 0.492 e. The summed E-state index contributed by atoms with van der Waals surface area (Å²) in [6.07, 6.45) is -0.552. The molecule has 3 N–H and O–H groups in total. The molecule has 0 aliphatic heterocycles. The van der Waals surface area contributed by atoms with E-state index in [1.807, 2.05) is 13.0 Å². The van der Waals surface area contributed by atoms with Crippen LogP contribution in [0.25, 0.3) is 0 Å². The lowest BCUT2D eigenvalue weighted by Crippen LogP contribution is -2.32. The highest BCUT2D eigenvalue weighted by atomic mass is 16.5. The molecule has 2 rings (SSSR count). The number of hydrogen-bond donors (Lipinski definition) is 2. The van der Waals surface area contributed by atoms with Crippen LogP contribution in [0.2, 0.25) is 0 Å². The fourth-order valence-electron chi connectivity index (χ4n) is 2.20. The summed E-state index contributed by atoms with van der Waals surface area (Å²) in [7, 11) is 0. The molecule has 25 heavy (non-hydrogen) atoms. The van der Waals surface area contributed by atoms with Crippen LogP contribution in [0.15, 0.2) is 48.5 Å². The van der Waals surface area contributed by atoms with Crippen LogP contribution in [0.1, 0.15) is 30.6 Å². The number of benzene rings is 2. The van der Waals surface area contributed by atoms with Gasteiger partial charge in [-0.05, 0) is 49.7 Å². The zero-order chi connectivity index (χ0) is 18.2. The predicted octanol–water partition coefficient (Wildman–Crippen LogP) is 3.24. The van der Waals surface area contributed by atoms with Crippen molar-refractivity contribution in [2.75, 3.05) is 17.7 Å². The van der Waals surface area contributed by atoms with E-state index < -0.39 is 18.0 Å². The van der Waals surface area contributed by atoms with E-state index >= 15 is 0 Å². The number of nitrogens with one attached hydrogen (secondary N) is 1. The molecule has 0 saturated carbocycles. The van der Waals surface area contributed by atoms with Crippen molar-refractivity contribution in [3.63, 3.8) is 0 Å². The molecule has 2 aromatic carbocycles. The molecule has 0 aromatic heterocycles. The number of ether oxygens (including phenoxy) is 2. The number of para-hydroxylation sites is 2. The summed E-state index contributed by atoms with van der Waals surface area (Å²) in [5.41, 5.74) is 7.03. The van der Waals surface area contributed by atoms with Crippen molar-refractivity contribution >= 4 is 23.3 Å². The van der Waals surface area contributed by atoms with Gasteiger partial charge in [0.05, 0.1) is 17.9 Å². The predicted molar refractivity (Wildman–Crippen MR) is 96.6 cm³/mol. The van der Waals surface area contributed by atoms with Gasteiger partial charge >= 0.3 is 5.97 Å². The van der Waals surface area contributed by atoms with Crippen LogP contribution in [-0.2, 0) is 9.53 Å². The first-order valence-electron chi connectivity index (χ1n) is 8.14. The smallest absolute Gasteiger partial charge is 0.338 e. The highest BCUT2D eigenvalue weighted by Gasteiger charge is 2.23. The van der Waals surface area contributed by atoms with E-state index in [4.69, 9.17) is 15.2 Å². The molecule has 6 nitrogen and oxygen atoms in total. The monoisotopic (exact) mass is 342 g/mol. The summed E-state index contributed by atoms with van der Waals surface area (Å²) in [6, 6.07) is 13.4. The zero-order valence-electron chi connectivity index (χ0n) is 14.3.